The van der Waals surface area contributed by atoms with Crippen LogP contribution in [0, 0.1) is 0 Å². The van der Waals surface area contributed by atoms with Gasteiger partial charge in [0.25, 0.3) is 0 Å². The van der Waals surface area contributed by atoms with Crippen LogP contribution in [0.3, 0.4) is 0 Å². The zero-order valence-electron chi connectivity index (χ0n) is 17.2. The summed E-state index contributed by atoms with van der Waals surface area (Å²) in [5.41, 5.74) is 4.82. The third-order valence-corrected chi connectivity index (χ3v) is 5.12. The maximum Gasteiger partial charge on any atom is 0.141 e. The number of nitrogens with zero attached hydrogens (tertiary/aromatic N) is 4. The Bertz CT molecular complexity index is 844. The van der Waals surface area contributed by atoms with Gasteiger partial charge in [-0.2, -0.15) is 0 Å². The Hall–Kier alpha value is -2.17. The first-order valence-corrected chi connectivity index (χ1v) is 10.0. The van der Waals surface area contributed by atoms with E-state index in [1.54, 1.807) is 0 Å². The molecular weight excluding hydrogens is 332 g/mol. The lowest BCUT2D eigenvalue weighted by Gasteiger charge is -2.18. The lowest BCUT2D eigenvalue weighted by atomic mass is 10.1. The summed E-state index contributed by atoms with van der Waals surface area (Å²) < 4.78 is 2.39. The second kappa shape index (κ2) is 9.16. The van der Waals surface area contributed by atoms with Crippen LogP contribution in [0.25, 0.3) is 22.4 Å². The Labute approximate surface area is 163 Å². The van der Waals surface area contributed by atoms with E-state index in [2.05, 4.69) is 90.8 Å². The molecule has 1 heterocycles. The summed E-state index contributed by atoms with van der Waals surface area (Å²) in [6.45, 7) is 9.77. The molecule has 3 rings (SSSR count). The topological polar surface area (TPSA) is 24.3 Å². The van der Waals surface area contributed by atoms with Crippen molar-refractivity contribution in [3.05, 3.63) is 54.1 Å². The molecule has 0 unspecified atom stereocenters. The van der Waals surface area contributed by atoms with Gasteiger partial charge >= 0.3 is 0 Å². The highest BCUT2D eigenvalue weighted by Gasteiger charge is 2.12. The molecule has 0 fully saturated rings. The smallest absolute Gasteiger partial charge is 0.141 e. The molecular formula is C23H32N4. The molecule has 4 nitrogen and oxygen atoms in total. The maximum absolute atomic E-state index is 4.95. The first-order chi connectivity index (χ1) is 13.1. The highest BCUT2D eigenvalue weighted by molar-refractivity contribution is 5.80. The first-order valence-electron chi connectivity index (χ1n) is 10.0. The molecule has 0 aliphatic carbocycles. The molecule has 0 spiro atoms. The third-order valence-electron chi connectivity index (χ3n) is 5.12. The molecule has 1 aromatic heterocycles. The number of hydrogen-bond acceptors (Lipinski definition) is 3. The number of rotatable bonds is 9. The molecule has 2 aromatic carbocycles. The van der Waals surface area contributed by atoms with Crippen LogP contribution in [0.15, 0.2) is 48.5 Å². The fraction of sp³-hybridized carbons (Fsp3) is 0.435. The van der Waals surface area contributed by atoms with Crippen molar-refractivity contribution in [3.63, 3.8) is 0 Å². The summed E-state index contributed by atoms with van der Waals surface area (Å²) in [4.78, 5) is 9.62. The lowest BCUT2D eigenvalue weighted by Crippen LogP contribution is -2.24. The van der Waals surface area contributed by atoms with Crippen molar-refractivity contribution in [1.82, 2.24) is 19.4 Å². The van der Waals surface area contributed by atoms with E-state index in [1.807, 2.05) is 0 Å². The minimum atomic E-state index is 0.959. The molecule has 0 aliphatic rings. The summed E-state index contributed by atoms with van der Waals surface area (Å²) in [5.74, 6) is 1.08. The van der Waals surface area contributed by atoms with Crippen LogP contribution in [-0.4, -0.2) is 53.1 Å². The van der Waals surface area contributed by atoms with Gasteiger partial charge in [-0.15, -0.1) is 0 Å². The Morgan fingerprint density at radius 2 is 1.63 bits per heavy atom. The summed E-state index contributed by atoms with van der Waals surface area (Å²) >= 11 is 0. The van der Waals surface area contributed by atoms with Crippen molar-refractivity contribution >= 4 is 11.0 Å². The van der Waals surface area contributed by atoms with Gasteiger partial charge in [-0.1, -0.05) is 50.2 Å². The van der Waals surface area contributed by atoms with Gasteiger partial charge in [0.05, 0.1) is 11.0 Å². The average Bonchev–Trinajstić information content (AvgIpc) is 3.04. The van der Waals surface area contributed by atoms with Crippen molar-refractivity contribution in [2.24, 2.45) is 0 Å². The molecule has 0 amide bonds. The molecule has 0 saturated heterocycles. The number of para-hydroxylation sites is 2. The molecule has 0 aliphatic heterocycles. The Morgan fingerprint density at radius 3 is 2.30 bits per heavy atom. The summed E-state index contributed by atoms with van der Waals surface area (Å²) in [7, 11) is 4.20. The van der Waals surface area contributed by atoms with E-state index < -0.39 is 0 Å². The highest BCUT2D eigenvalue weighted by Crippen LogP contribution is 2.25. The van der Waals surface area contributed by atoms with Crippen LogP contribution >= 0.6 is 0 Å². The number of imidazole rings is 1. The quantitative estimate of drug-likeness (QED) is 0.559. The van der Waals surface area contributed by atoms with Gasteiger partial charge in [0.15, 0.2) is 0 Å². The fourth-order valence-corrected chi connectivity index (χ4v) is 3.64. The van der Waals surface area contributed by atoms with Gasteiger partial charge in [-0.25, -0.2) is 4.98 Å². The maximum atomic E-state index is 4.95. The Kier molecular flexibility index (Phi) is 6.64. The van der Waals surface area contributed by atoms with E-state index in [1.165, 1.54) is 16.6 Å². The van der Waals surface area contributed by atoms with Crippen LogP contribution in [0.2, 0.25) is 0 Å². The zero-order valence-corrected chi connectivity index (χ0v) is 17.2. The summed E-state index contributed by atoms with van der Waals surface area (Å²) in [6, 6.07) is 17.3. The predicted octanol–water partition coefficient (Wildman–Crippen LogP) is 4.50. The lowest BCUT2D eigenvalue weighted by molar-refractivity contribution is 0.294. The largest absolute Gasteiger partial charge is 0.324 e. The van der Waals surface area contributed by atoms with Gasteiger partial charge < -0.3 is 14.4 Å². The number of aromatic nitrogens is 2. The van der Waals surface area contributed by atoms with E-state index in [9.17, 15) is 0 Å². The van der Waals surface area contributed by atoms with Crippen molar-refractivity contribution in [2.45, 2.75) is 33.4 Å². The Morgan fingerprint density at radius 1 is 0.926 bits per heavy atom. The van der Waals surface area contributed by atoms with Crippen LogP contribution in [-0.2, 0) is 13.1 Å². The van der Waals surface area contributed by atoms with E-state index in [-0.39, 0.29) is 0 Å². The molecule has 144 valence electrons. The summed E-state index contributed by atoms with van der Waals surface area (Å²) in [6.07, 6.45) is 1.13. The van der Waals surface area contributed by atoms with Gasteiger partial charge in [-0.05, 0) is 57.8 Å². The van der Waals surface area contributed by atoms with E-state index >= 15 is 0 Å². The minimum Gasteiger partial charge on any atom is -0.324 e. The fourth-order valence-electron chi connectivity index (χ4n) is 3.64. The van der Waals surface area contributed by atoms with Gasteiger partial charge in [-0.3, -0.25) is 0 Å². The van der Waals surface area contributed by atoms with Gasteiger partial charge in [0.2, 0.25) is 0 Å². The van der Waals surface area contributed by atoms with Crippen molar-refractivity contribution < 1.29 is 0 Å². The molecule has 0 radical (unpaired) electrons. The molecule has 0 N–H and O–H groups in total. The average molecular weight is 365 g/mol. The molecule has 0 saturated carbocycles. The third kappa shape index (κ3) is 4.76. The number of benzene rings is 2. The van der Waals surface area contributed by atoms with E-state index in [0.29, 0.717) is 0 Å². The predicted molar refractivity (Wildman–Crippen MR) is 115 cm³/mol. The normalized spacial score (nSPS) is 11.8. The van der Waals surface area contributed by atoms with E-state index in [0.717, 1.165) is 50.5 Å². The minimum absolute atomic E-state index is 0.959. The molecule has 3 aromatic rings. The standard InChI is InChI=1S/C23H32N4/c1-5-26(6-2)16-9-17-27-22-11-8-7-10-21(22)24-23(27)20-14-12-19(13-15-20)18-25(3)4/h7-8,10-15H,5-6,9,16-18H2,1-4H3. The second-order valence-electron chi connectivity index (χ2n) is 7.39. The second-order valence-corrected chi connectivity index (χ2v) is 7.39. The SMILES string of the molecule is CCN(CC)CCCn1c(-c2ccc(CN(C)C)cc2)nc2ccccc21. The van der Waals surface area contributed by atoms with Gasteiger partial charge in [0.1, 0.15) is 5.82 Å². The highest BCUT2D eigenvalue weighted by atomic mass is 15.1. The first kappa shape index (κ1) is 19.6. The van der Waals surface area contributed by atoms with Crippen molar-refractivity contribution in [3.8, 4) is 11.4 Å². The van der Waals surface area contributed by atoms with Crippen molar-refractivity contribution in [2.75, 3.05) is 33.7 Å². The summed E-state index contributed by atoms with van der Waals surface area (Å²) in [5, 5.41) is 0. The van der Waals surface area contributed by atoms with Crippen LogP contribution in [0.4, 0.5) is 0 Å². The number of hydrogen-bond donors (Lipinski definition) is 0. The molecule has 0 bridgehead atoms. The molecule has 0 atom stereocenters. The number of fused-ring (bicyclic) bond motifs is 1. The monoisotopic (exact) mass is 364 g/mol. The van der Waals surface area contributed by atoms with Crippen molar-refractivity contribution in [1.29, 1.82) is 0 Å². The van der Waals surface area contributed by atoms with Crippen LogP contribution in [0.1, 0.15) is 25.8 Å². The number of aryl methyl sites for hydroxylation is 1. The molecule has 4 heteroatoms. The van der Waals surface area contributed by atoms with E-state index in [4.69, 9.17) is 4.98 Å². The zero-order chi connectivity index (χ0) is 19.2. The molecule has 27 heavy (non-hydrogen) atoms. The van der Waals surface area contributed by atoms with Gasteiger partial charge in [0, 0.05) is 18.7 Å². The Balaban J connectivity index is 1.88. The van der Waals surface area contributed by atoms with Crippen LogP contribution < -0.4 is 0 Å². The van der Waals surface area contributed by atoms with Crippen LogP contribution in [0.5, 0.6) is 0 Å².